The number of hydrogen-bond donors (Lipinski definition) is 3. The fourth-order valence-electron chi connectivity index (χ4n) is 1.98. The summed E-state index contributed by atoms with van der Waals surface area (Å²) in [6.45, 7) is 0.865. The Balaban J connectivity index is 2.08. The zero-order valence-electron chi connectivity index (χ0n) is 10.4. The number of rotatable bonds is 5. The largest absolute Gasteiger partial charge is 0.354 e. The van der Waals surface area contributed by atoms with Gasteiger partial charge in [0.25, 0.3) is 0 Å². The molecule has 1 saturated heterocycles. The van der Waals surface area contributed by atoms with Gasteiger partial charge in [0.15, 0.2) is 0 Å². The standard InChI is InChI=1S/C12H17N3O3S/c13-6-5-9-1-3-11(4-2-9)19(17,18)15-10-7-12(16)14-8-10/h1-4,10,15H,5-8,13H2,(H,14,16). The van der Waals surface area contributed by atoms with Crippen LogP contribution >= 0.6 is 0 Å². The van der Waals surface area contributed by atoms with Gasteiger partial charge in [0, 0.05) is 19.0 Å². The highest BCUT2D eigenvalue weighted by atomic mass is 32.2. The Hall–Kier alpha value is -1.44. The first-order valence-electron chi connectivity index (χ1n) is 6.09. The van der Waals surface area contributed by atoms with Crippen LogP contribution in [0.1, 0.15) is 12.0 Å². The maximum Gasteiger partial charge on any atom is 0.240 e. The Morgan fingerprint density at radius 2 is 2.00 bits per heavy atom. The first-order chi connectivity index (χ1) is 9.01. The van der Waals surface area contributed by atoms with E-state index in [1.165, 1.54) is 0 Å². The van der Waals surface area contributed by atoms with E-state index < -0.39 is 10.0 Å². The summed E-state index contributed by atoms with van der Waals surface area (Å²) < 4.78 is 26.7. The minimum atomic E-state index is -3.57. The third-order valence-corrected chi connectivity index (χ3v) is 4.50. The van der Waals surface area contributed by atoms with Crippen LogP contribution in [0.15, 0.2) is 29.2 Å². The molecule has 1 amide bonds. The zero-order chi connectivity index (χ0) is 13.9. The van der Waals surface area contributed by atoms with Crippen LogP contribution in [0, 0.1) is 0 Å². The van der Waals surface area contributed by atoms with Gasteiger partial charge in [-0.1, -0.05) is 12.1 Å². The molecule has 19 heavy (non-hydrogen) atoms. The lowest BCUT2D eigenvalue weighted by molar-refractivity contribution is -0.119. The Bertz CT molecular complexity index is 554. The molecule has 1 fully saturated rings. The number of benzene rings is 1. The Labute approximate surface area is 112 Å². The summed E-state index contributed by atoms with van der Waals surface area (Å²) in [7, 11) is -3.57. The number of amides is 1. The summed E-state index contributed by atoms with van der Waals surface area (Å²) >= 11 is 0. The number of nitrogens with one attached hydrogen (secondary N) is 2. The van der Waals surface area contributed by atoms with E-state index in [0.717, 1.165) is 12.0 Å². The van der Waals surface area contributed by atoms with Gasteiger partial charge in [-0.3, -0.25) is 4.79 Å². The summed E-state index contributed by atoms with van der Waals surface area (Å²) in [6.07, 6.45) is 0.902. The smallest absolute Gasteiger partial charge is 0.240 e. The first-order valence-corrected chi connectivity index (χ1v) is 7.57. The molecule has 1 aromatic rings. The van der Waals surface area contributed by atoms with Gasteiger partial charge < -0.3 is 11.1 Å². The fourth-order valence-corrected chi connectivity index (χ4v) is 3.21. The highest BCUT2D eigenvalue weighted by Gasteiger charge is 2.26. The second-order valence-electron chi connectivity index (χ2n) is 4.51. The number of hydrogen-bond acceptors (Lipinski definition) is 4. The van der Waals surface area contributed by atoms with Crippen molar-refractivity contribution in [2.24, 2.45) is 5.73 Å². The zero-order valence-corrected chi connectivity index (χ0v) is 11.2. The molecule has 1 unspecified atom stereocenters. The molecular weight excluding hydrogens is 266 g/mol. The van der Waals surface area contributed by atoms with Crippen molar-refractivity contribution in [1.82, 2.24) is 10.0 Å². The topological polar surface area (TPSA) is 101 Å². The fraction of sp³-hybridized carbons (Fsp3) is 0.417. The predicted molar refractivity (Wildman–Crippen MR) is 70.9 cm³/mol. The lowest BCUT2D eigenvalue weighted by Gasteiger charge is -2.11. The molecule has 0 saturated carbocycles. The molecule has 4 N–H and O–H groups in total. The highest BCUT2D eigenvalue weighted by Crippen LogP contribution is 2.13. The molecule has 0 spiro atoms. The predicted octanol–water partition coefficient (Wildman–Crippen LogP) is -0.645. The number of nitrogens with two attached hydrogens (primary N) is 1. The van der Waals surface area contributed by atoms with Gasteiger partial charge in [-0.15, -0.1) is 0 Å². The Morgan fingerprint density at radius 3 is 2.53 bits per heavy atom. The van der Waals surface area contributed by atoms with E-state index in [1.807, 2.05) is 0 Å². The van der Waals surface area contributed by atoms with E-state index in [9.17, 15) is 13.2 Å². The van der Waals surface area contributed by atoms with Crippen LogP contribution in [0.2, 0.25) is 0 Å². The van der Waals surface area contributed by atoms with Gasteiger partial charge in [-0.05, 0) is 30.7 Å². The second kappa shape index (κ2) is 5.68. The second-order valence-corrected chi connectivity index (χ2v) is 6.22. The highest BCUT2D eigenvalue weighted by molar-refractivity contribution is 7.89. The van der Waals surface area contributed by atoms with Crippen LogP contribution in [0.25, 0.3) is 0 Å². The van der Waals surface area contributed by atoms with Crippen molar-refractivity contribution in [3.05, 3.63) is 29.8 Å². The van der Waals surface area contributed by atoms with E-state index in [2.05, 4.69) is 10.0 Å². The summed E-state index contributed by atoms with van der Waals surface area (Å²) in [5.74, 6) is -0.133. The lowest BCUT2D eigenvalue weighted by atomic mass is 10.2. The van der Waals surface area contributed by atoms with E-state index in [4.69, 9.17) is 5.73 Å². The summed E-state index contributed by atoms with van der Waals surface area (Å²) in [6, 6.07) is 6.23. The molecule has 1 aliphatic heterocycles. The SMILES string of the molecule is NCCc1ccc(S(=O)(=O)NC2CNC(=O)C2)cc1. The maximum atomic E-state index is 12.1. The third-order valence-electron chi connectivity index (χ3n) is 2.97. The molecule has 1 atom stereocenters. The quantitative estimate of drug-likeness (QED) is 0.668. The molecule has 0 bridgehead atoms. The summed E-state index contributed by atoms with van der Waals surface area (Å²) in [5, 5.41) is 2.59. The van der Waals surface area contributed by atoms with Gasteiger partial charge in [0.2, 0.25) is 15.9 Å². The molecule has 7 heteroatoms. The maximum absolute atomic E-state index is 12.1. The number of carbonyl (C=O) groups excluding carboxylic acids is 1. The minimum absolute atomic E-state index is 0.133. The molecule has 0 aromatic heterocycles. The molecule has 104 valence electrons. The minimum Gasteiger partial charge on any atom is -0.354 e. The molecule has 0 radical (unpaired) electrons. The normalized spacial score (nSPS) is 19.4. The average Bonchev–Trinajstić information content (AvgIpc) is 2.75. The lowest BCUT2D eigenvalue weighted by Crippen LogP contribution is -2.36. The molecule has 1 aromatic carbocycles. The van der Waals surface area contributed by atoms with Crippen molar-refractivity contribution in [2.75, 3.05) is 13.1 Å². The van der Waals surface area contributed by atoms with Crippen LogP contribution < -0.4 is 15.8 Å². The van der Waals surface area contributed by atoms with Gasteiger partial charge in [0.05, 0.1) is 4.90 Å². The van der Waals surface area contributed by atoms with E-state index in [1.54, 1.807) is 24.3 Å². The van der Waals surface area contributed by atoms with Crippen molar-refractivity contribution < 1.29 is 13.2 Å². The molecule has 1 heterocycles. The monoisotopic (exact) mass is 283 g/mol. The van der Waals surface area contributed by atoms with Crippen molar-refractivity contribution in [2.45, 2.75) is 23.8 Å². The van der Waals surface area contributed by atoms with Crippen molar-refractivity contribution in [3.8, 4) is 0 Å². The molecule has 6 nitrogen and oxygen atoms in total. The van der Waals surface area contributed by atoms with Crippen molar-refractivity contribution >= 4 is 15.9 Å². The van der Waals surface area contributed by atoms with Gasteiger partial charge in [-0.25, -0.2) is 13.1 Å². The van der Waals surface area contributed by atoms with Crippen LogP contribution in [-0.4, -0.2) is 33.5 Å². The van der Waals surface area contributed by atoms with E-state index in [-0.39, 0.29) is 23.3 Å². The molecular formula is C12H17N3O3S. The third kappa shape index (κ3) is 3.52. The van der Waals surface area contributed by atoms with Gasteiger partial charge in [0.1, 0.15) is 0 Å². The van der Waals surface area contributed by atoms with Crippen molar-refractivity contribution in [3.63, 3.8) is 0 Å². The number of sulfonamides is 1. The molecule has 2 rings (SSSR count). The first kappa shape index (κ1) is 14.0. The Kier molecular flexibility index (Phi) is 4.18. The van der Waals surface area contributed by atoms with Crippen LogP contribution in [0.3, 0.4) is 0 Å². The average molecular weight is 283 g/mol. The van der Waals surface area contributed by atoms with E-state index >= 15 is 0 Å². The summed E-state index contributed by atoms with van der Waals surface area (Å²) in [5.41, 5.74) is 6.44. The van der Waals surface area contributed by atoms with Crippen LogP contribution in [-0.2, 0) is 21.2 Å². The number of carbonyl (C=O) groups is 1. The van der Waals surface area contributed by atoms with E-state index in [0.29, 0.717) is 13.1 Å². The van der Waals surface area contributed by atoms with Gasteiger partial charge in [-0.2, -0.15) is 0 Å². The Morgan fingerprint density at radius 1 is 1.32 bits per heavy atom. The summed E-state index contributed by atoms with van der Waals surface area (Å²) in [4.78, 5) is 11.2. The van der Waals surface area contributed by atoms with Gasteiger partial charge >= 0.3 is 0 Å². The van der Waals surface area contributed by atoms with Crippen LogP contribution in [0.4, 0.5) is 0 Å². The molecule has 1 aliphatic rings. The molecule has 0 aliphatic carbocycles. The van der Waals surface area contributed by atoms with Crippen molar-refractivity contribution in [1.29, 1.82) is 0 Å². The van der Waals surface area contributed by atoms with Crippen LogP contribution in [0.5, 0.6) is 0 Å².